The summed E-state index contributed by atoms with van der Waals surface area (Å²) in [5.74, 6) is 0.467. The lowest BCUT2D eigenvalue weighted by Crippen LogP contribution is -2.27. The lowest BCUT2D eigenvalue weighted by Gasteiger charge is -2.33. The third-order valence-corrected chi connectivity index (χ3v) is 4.76. The van der Waals surface area contributed by atoms with Crippen LogP contribution in [-0.2, 0) is 16.0 Å². The van der Waals surface area contributed by atoms with Crippen LogP contribution in [0.25, 0.3) is 0 Å². The van der Waals surface area contributed by atoms with Gasteiger partial charge in [0.05, 0.1) is 6.61 Å². The third-order valence-electron chi connectivity index (χ3n) is 4.76. The summed E-state index contributed by atoms with van der Waals surface area (Å²) in [5, 5.41) is 2.13. The molecule has 0 bridgehead atoms. The Kier molecular flexibility index (Phi) is 4.55. The van der Waals surface area contributed by atoms with Crippen LogP contribution in [0.3, 0.4) is 0 Å². The maximum absolute atomic E-state index is 11.5. The number of carbonyl (C=O) groups is 2. The molecule has 1 saturated heterocycles. The van der Waals surface area contributed by atoms with E-state index in [2.05, 4.69) is 12.2 Å². The van der Waals surface area contributed by atoms with E-state index in [1.165, 1.54) is 32.1 Å². The fourth-order valence-corrected chi connectivity index (χ4v) is 3.27. The summed E-state index contributed by atoms with van der Waals surface area (Å²) in [4.78, 5) is 22.5. The standard InChI is InChI=1S/C18H23NO4/c1-18(9-3-2-4-10-18)12-22-14-7-5-13(6-8-14)11-15-16(20)19-17(21)23-15/h5-8,15H,2-4,9-12H2,1H3,(H,19,20,21). The van der Waals surface area contributed by atoms with Crippen LogP contribution < -0.4 is 10.1 Å². The number of nitrogens with one attached hydrogen (secondary N) is 1. The van der Waals surface area contributed by atoms with Crippen molar-refractivity contribution < 1.29 is 19.1 Å². The first kappa shape index (κ1) is 15.8. The van der Waals surface area contributed by atoms with E-state index in [0.29, 0.717) is 6.42 Å². The zero-order chi connectivity index (χ0) is 16.3. The highest BCUT2D eigenvalue weighted by atomic mass is 16.6. The summed E-state index contributed by atoms with van der Waals surface area (Å²) in [7, 11) is 0. The number of imide groups is 1. The molecule has 2 aliphatic rings. The summed E-state index contributed by atoms with van der Waals surface area (Å²) in [5.41, 5.74) is 1.23. The summed E-state index contributed by atoms with van der Waals surface area (Å²) in [6.07, 6.45) is 5.37. The number of amides is 2. The van der Waals surface area contributed by atoms with Gasteiger partial charge in [-0.05, 0) is 30.5 Å². The second-order valence-corrected chi connectivity index (χ2v) is 6.89. The maximum Gasteiger partial charge on any atom is 0.414 e. The van der Waals surface area contributed by atoms with Crippen molar-refractivity contribution in [3.63, 3.8) is 0 Å². The Labute approximate surface area is 136 Å². The Bertz CT molecular complexity index is 575. The molecule has 1 atom stereocenters. The second kappa shape index (κ2) is 6.60. The molecule has 1 aromatic carbocycles. The molecule has 1 aliphatic heterocycles. The molecule has 5 nitrogen and oxygen atoms in total. The molecular weight excluding hydrogens is 294 g/mol. The van der Waals surface area contributed by atoms with Crippen molar-refractivity contribution in [3.8, 4) is 5.75 Å². The fraction of sp³-hybridized carbons (Fsp3) is 0.556. The first-order valence-electron chi connectivity index (χ1n) is 8.27. The van der Waals surface area contributed by atoms with E-state index < -0.39 is 12.2 Å². The number of cyclic esters (lactones) is 1. The SMILES string of the molecule is CC1(COc2ccc(CC3OC(=O)NC3=O)cc2)CCCCC1. The predicted octanol–water partition coefficient (Wildman–Crippen LogP) is 3.21. The van der Waals surface area contributed by atoms with E-state index in [9.17, 15) is 9.59 Å². The number of carbonyl (C=O) groups excluding carboxylic acids is 2. The fourth-order valence-electron chi connectivity index (χ4n) is 3.27. The lowest BCUT2D eigenvalue weighted by atomic mass is 9.76. The topological polar surface area (TPSA) is 64.6 Å². The Morgan fingerprint density at radius 3 is 2.48 bits per heavy atom. The number of hydrogen-bond acceptors (Lipinski definition) is 4. The van der Waals surface area contributed by atoms with Gasteiger partial charge in [-0.15, -0.1) is 0 Å². The van der Waals surface area contributed by atoms with Gasteiger partial charge >= 0.3 is 6.09 Å². The second-order valence-electron chi connectivity index (χ2n) is 6.89. The van der Waals surface area contributed by atoms with Gasteiger partial charge in [0.2, 0.25) is 0 Å². The lowest BCUT2D eigenvalue weighted by molar-refractivity contribution is -0.123. The van der Waals surface area contributed by atoms with Gasteiger partial charge in [0.15, 0.2) is 6.10 Å². The molecular formula is C18H23NO4. The number of hydrogen-bond donors (Lipinski definition) is 1. The van der Waals surface area contributed by atoms with Crippen LogP contribution in [-0.4, -0.2) is 24.7 Å². The molecule has 1 heterocycles. The van der Waals surface area contributed by atoms with Crippen molar-refractivity contribution >= 4 is 12.0 Å². The molecule has 0 radical (unpaired) electrons. The van der Waals surface area contributed by atoms with Crippen LogP contribution in [0.5, 0.6) is 5.75 Å². The number of benzene rings is 1. The minimum Gasteiger partial charge on any atom is -0.493 e. The highest BCUT2D eigenvalue weighted by Crippen LogP contribution is 2.36. The van der Waals surface area contributed by atoms with Crippen molar-refractivity contribution in [1.82, 2.24) is 5.32 Å². The van der Waals surface area contributed by atoms with Gasteiger partial charge in [0.25, 0.3) is 5.91 Å². The average Bonchev–Trinajstić information content (AvgIpc) is 2.85. The quantitative estimate of drug-likeness (QED) is 0.905. The van der Waals surface area contributed by atoms with Crippen LogP contribution in [0.2, 0.25) is 0 Å². The molecule has 1 unspecified atom stereocenters. The van der Waals surface area contributed by atoms with Crippen LogP contribution >= 0.6 is 0 Å². The molecule has 3 rings (SSSR count). The Morgan fingerprint density at radius 1 is 1.17 bits per heavy atom. The largest absolute Gasteiger partial charge is 0.493 e. The van der Waals surface area contributed by atoms with E-state index in [0.717, 1.165) is 17.9 Å². The van der Waals surface area contributed by atoms with E-state index in [1.807, 2.05) is 24.3 Å². The smallest absolute Gasteiger partial charge is 0.414 e. The summed E-state index contributed by atoms with van der Waals surface area (Å²) >= 11 is 0. The van der Waals surface area contributed by atoms with Crippen molar-refractivity contribution in [1.29, 1.82) is 0 Å². The van der Waals surface area contributed by atoms with Crippen LogP contribution in [0.4, 0.5) is 4.79 Å². The first-order chi connectivity index (χ1) is 11.0. The van der Waals surface area contributed by atoms with Crippen LogP contribution in [0.1, 0.15) is 44.6 Å². The minimum absolute atomic E-state index is 0.285. The molecule has 2 fully saturated rings. The Balaban J connectivity index is 1.53. The predicted molar refractivity (Wildman–Crippen MR) is 85.2 cm³/mol. The Morgan fingerprint density at radius 2 is 1.87 bits per heavy atom. The molecule has 1 aromatic rings. The van der Waals surface area contributed by atoms with E-state index in [4.69, 9.17) is 9.47 Å². The average molecular weight is 317 g/mol. The van der Waals surface area contributed by atoms with Crippen molar-refractivity contribution in [2.24, 2.45) is 5.41 Å². The zero-order valence-corrected chi connectivity index (χ0v) is 13.5. The van der Waals surface area contributed by atoms with Gasteiger partial charge in [0, 0.05) is 11.8 Å². The molecule has 1 aliphatic carbocycles. The normalized spacial score (nSPS) is 23.3. The van der Waals surface area contributed by atoms with Gasteiger partial charge in [-0.1, -0.05) is 38.3 Å². The van der Waals surface area contributed by atoms with Gasteiger partial charge in [-0.3, -0.25) is 10.1 Å². The number of alkyl carbamates (subject to hydrolysis) is 1. The molecule has 0 aromatic heterocycles. The summed E-state index contributed by atoms with van der Waals surface area (Å²) < 4.78 is 10.9. The van der Waals surface area contributed by atoms with E-state index in [1.54, 1.807) is 0 Å². The van der Waals surface area contributed by atoms with Gasteiger partial charge in [-0.2, -0.15) is 0 Å². The first-order valence-corrected chi connectivity index (χ1v) is 8.27. The molecule has 2 amide bonds. The van der Waals surface area contributed by atoms with Gasteiger partial charge in [0.1, 0.15) is 5.75 Å². The molecule has 0 spiro atoms. The molecule has 1 N–H and O–H groups in total. The number of ether oxygens (including phenoxy) is 2. The highest BCUT2D eigenvalue weighted by molar-refractivity contribution is 6.00. The number of rotatable bonds is 5. The highest BCUT2D eigenvalue weighted by Gasteiger charge is 2.32. The molecule has 23 heavy (non-hydrogen) atoms. The molecule has 124 valence electrons. The van der Waals surface area contributed by atoms with Crippen molar-refractivity contribution in [3.05, 3.63) is 29.8 Å². The van der Waals surface area contributed by atoms with E-state index >= 15 is 0 Å². The van der Waals surface area contributed by atoms with Gasteiger partial charge < -0.3 is 9.47 Å². The monoisotopic (exact) mass is 317 g/mol. The maximum atomic E-state index is 11.5. The molecule has 1 saturated carbocycles. The summed E-state index contributed by atoms with van der Waals surface area (Å²) in [6.45, 7) is 3.04. The van der Waals surface area contributed by atoms with E-state index in [-0.39, 0.29) is 11.3 Å². The minimum atomic E-state index is -0.726. The summed E-state index contributed by atoms with van der Waals surface area (Å²) in [6, 6.07) is 7.66. The zero-order valence-electron chi connectivity index (χ0n) is 13.5. The van der Waals surface area contributed by atoms with Crippen LogP contribution in [0, 0.1) is 5.41 Å². The third kappa shape index (κ3) is 4.03. The molecule has 5 heteroatoms. The van der Waals surface area contributed by atoms with Crippen LogP contribution in [0.15, 0.2) is 24.3 Å². The Hall–Kier alpha value is -2.04. The van der Waals surface area contributed by atoms with Crippen molar-refractivity contribution in [2.75, 3.05) is 6.61 Å². The van der Waals surface area contributed by atoms with Gasteiger partial charge in [-0.25, -0.2) is 4.79 Å². The van der Waals surface area contributed by atoms with Crippen molar-refractivity contribution in [2.45, 2.75) is 51.6 Å².